The minimum atomic E-state index is -0.234. The third kappa shape index (κ3) is 3.90. The number of fused-ring (bicyclic) bond motifs is 3. The van der Waals surface area contributed by atoms with Gasteiger partial charge in [0.1, 0.15) is 23.8 Å². The second-order valence-corrected chi connectivity index (χ2v) is 8.87. The average molecular weight is 444 g/mol. The van der Waals surface area contributed by atoms with Crippen LogP contribution in [0.15, 0.2) is 49.1 Å². The van der Waals surface area contributed by atoms with Crippen LogP contribution in [-0.4, -0.2) is 56.0 Å². The minimum absolute atomic E-state index is 0.234. The largest absolute Gasteiger partial charge is 0.488 e. The van der Waals surface area contributed by atoms with Gasteiger partial charge in [-0.1, -0.05) is 0 Å². The molecule has 2 N–H and O–H groups in total. The lowest BCUT2D eigenvalue weighted by Gasteiger charge is -2.27. The second-order valence-electron chi connectivity index (χ2n) is 8.87. The molecule has 33 heavy (non-hydrogen) atoms. The monoisotopic (exact) mass is 443 g/mol. The van der Waals surface area contributed by atoms with Gasteiger partial charge in [0.05, 0.1) is 36.4 Å². The molecule has 2 atom stereocenters. The number of morpholine rings is 1. The van der Waals surface area contributed by atoms with E-state index in [-0.39, 0.29) is 5.60 Å². The van der Waals surface area contributed by atoms with Gasteiger partial charge in [0.2, 0.25) is 0 Å². The molecule has 2 fully saturated rings. The van der Waals surface area contributed by atoms with E-state index in [9.17, 15) is 0 Å². The van der Waals surface area contributed by atoms with Crippen LogP contribution in [0.5, 0.6) is 5.75 Å². The van der Waals surface area contributed by atoms with Gasteiger partial charge in [-0.25, -0.2) is 9.50 Å². The van der Waals surface area contributed by atoms with Crippen LogP contribution in [0.25, 0.3) is 16.6 Å². The van der Waals surface area contributed by atoms with Crippen LogP contribution in [0.4, 0.5) is 11.6 Å². The molecule has 9 nitrogen and oxygen atoms in total. The van der Waals surface area contributed by atoms with Crippen molar-refractivity contribution in [1.82, 2.24) is 29.9 Å². The fraction of sp³-hybridized carbons (Fsp3) is 0.333. The molecule has 0 saturated carbocycles. The fourth-order valence-electron chi connectivity index (χ4n) is 4.49. The number of nitrogens with zero attached hydrogens (tertiary/aromatic N) is 5. The van der Waals surface area contributed by atoms with E-state index >= 15 is 0 Å². The summed E-state index contributed by atoms with van der Waals surface area (Å²) in [6.45, 7) is 5.98. The maximum atomic E-state index is 6.28. The van der Waals surface area contributed by atoms with Crippen LogP contribution in [0.1, 0.15) is 17.8 Å². The van der Waals surface area contributed by atoms with E-state index in [0.717, 1.165) is 53.4 Å². The fourth-order valence-corrected chi connectivity index (χ4v) is 4.49. The molecule has 0 unspecified atom stereocenters. The van der Waals surface area contributed by atoms with Crippen LogP contribution < -0.4 is 15.4 Å². The number of anilines is 2. The molecule has 0 spiro atoms. The Morgan fingerprint density at radius 1 is 1.12 bits per heavy atom. The molecular formula is C24H25N7O2. The van der Waals surface area contributed by atoms with E-state index in [1.165, 1.54) is 0 Å². The van der Waals surface area contributed by atoms with E-state index in [4.69, 9.17) is 9.47 Å². The van der Waals surface area contributed by atoms with Crippen LogP contribution in [0.2, 0.25) is 0 Å². The standard InChI is InChI=1S/C24H25N7O2/c1-15-5-20(21(10-25-15)32-14-24-8-18(12-33-24)28-13-24)17-3-4-31-19(6-17)7-22(30-31)29-23-11-26-16(2)9-27-23/h3-7,9-11,18,28H,8,12-14H2,1-2H3,(H,27,29,30)/t18-,24-/m1/s1. The maximum Gasteiger partial charge on any atom is 0.154 e. The van der Waals surface area contributed by atoms with Gasteiger partial charge in [-0.2, -0.15) is 5.10 Å². The van der Waals surface area contributed by atoms with Gasteiger partial charge in [-0.15, -0.1) is 0 Å². The van der Waals surface area contributed by atoms with E-state index in [2.05, 4.69) is 42.8 Å². The van der Waals surface area contributed by atoms with Gasteiger partial charge in [0.25, 0.3) is 0 Å². The Morgan fingerprint density at radius 2 is 2.03 bits per heavy atom. The molecule has 0 aromatic carbocycles. The van der Waals surface area contributed by atoms with Crippen LogP contribution >= 0.6 is 0 Å². The normalized spacial score (nSPS) is 21.6. The van der Waals surface area contributed by atoms with Gasteiger partial charge in [-0.3, -0.25) is 9.97 Å². The summed E-state index contributed by atoms with van der Waals surface area (Å²) in [5.41, 5.74) is 4.56. The molecule has 168 valence electrons. The summed E-state index contributed by atoms with van der Waals surface area (Å²) in [4.78, 5) is 13.1. The van der Waals surface area contributed by atoms with E-state index < -0.39 is 0 Å². The smallest absolute Gasteiger partial charge is 0.154 e. The number of ether oxygens (including phenoxy) is 2. The Labute approximate surface area is 191 Å². The number of hydrogen-bond acceptors (Lipinski definition) is 8. The third-order valence-corrected chi connectivity index (χ3v) is 6.23. The van der Waals surface area contributed by atoms with Crippen molar-refractivity contribution >= 4 is 17.2 Å². The summed E-state index contributed by atoms with van der Waals surface area (Å²) < 4.78 is 14.1. The first-order valence-corrected chi connectivity index (χ1v) is 11.1. The quantitative estimate of drug-likeness (QED) is 0.469. The zero-order valence-electron chi connectivity index (χ0n) is 18.6. The highest BCUT2D eigenvalue weighted by molar-refractivity contribution is 5.75. The molecule has 2 saturated heterocycles. The molecular weight excluding hydrogens is 418 g/mol. The summed E-state index contributed by atoms with van der Waals surface area (Å²) in [5.74, 6) is 2.11. The first-order chi connectivity index (χ1) is 16.1. The van der Waals surface area contributed by atoms with Crippen molar-refractivity contribution in [3.8, 4) is 16.9 Å². The summed E-state index contributed by atoms with van der Waals surface area (Å²) in [7, 11) is 0. The molecule has 4 aromatic heterocycles. The van der Waals surface area contributed by atoms with Gasteiger partial charge < -0.3 is 20.1 Å². The molecule has 6 rings (SSSR count). The Balaban J connectivity index is 1.27. The van der Waals surface area contributed by atoms with Crippen LogP contribution in [-0.2, 0) is 4.74 Å². The number of rotatable bonds is 6. The predicted molar refractivity (Wildman–Crippen MR) is 124 cm³/mol. The highest BCUT2D eigenvalue weighted by Crippen LogP contribution is 2.35. The summed E-state index contributed by atoms with van der Waals surface area (Å²) in [6, 6.07) is 8.62. The van der Waals surface area contributed by atoms with Crippen molar-refractivity contribution < 1.29 is 9.47 Å². The number of nitrogens with one attached hydrogen (secondary N) is 2. The molecule has 0 radical (unpaired) electrons. The SMILES string of the molecule is Cc1cnc(Nc2cc3cc(-c4cc(C)ncc4OC[C@@]45CN[C@@H](CO4)C5)ccn3n2)cn1. The van der Waals surface area contributed by atoms with Crippen molar-refractivity contribution in [1.29, 1.82) is 0 Å². The summed E-state index contributed by atoms with van der Waals surface area (Å²) >= 11 is 0. The number of aryl methyl sites for hydroxylation is 2. The van der Waals surface area contributed by atoms with Crippen molar-refractivity contribution in [2.45, 2.75) is 31.9 Å². The Morgan fingerprint density at radius 3 is 2.79 bits per heavy atom. The zero-order chi connectivity index (χ0) is 22.4. The minimum Gasteiger partial charge on any atom is -0.488 e. The molecule has 2 aliphatic heterocycles. The molecule has 0 aliphatic carbocycles. The molecule has 9 heteroatoms. The summed E-state index contributed by atoms with van der Waals surface area (Å²) in [5, 5.41) is 11.3. The molecule has 4 aromatic rings. The van der Waals surface area contributed by atoms with Gasteiger partial charge >= 0.3 is 0 Å². The first-order valence-electron chi connectivity index (χ1n) is 11.1. The number of pyridine rings is 2. The van der Waals surface area contributed by atoms with Crippen molar-refractivity contribution in [3.63, 3.8) is 0 Å². The molecule has 0 amide bonds. The van der Waals surface area contributed by atoms with E-state index in [1.807, 2.05) is 36.7 Å². The summed E-state index contributed by atoms with van der Waals surface area (Å²) in [6.07, 6.45) is 8.16. The average Bonchev–Trinajstić information content (AvgIpc) is 3.53. The topological polar surface area (TPSA) is 98.5 Å². The van der Waals surface area contributed by atoms with Gasteiger partial charge in [-0.05, 0) is 44.0 Å². The first kappa shape index (κ1) is 20.1. The Kier molecular flexibility index (Phi) is 4.74. The molecule has 6 heterocycles. The lowest BCUT2D eigenvalue weighted by molar-refractivity contribution is -0.0363. The van der Waals surface area contributed by atoms with Gasteiger partial charge in [0, 0.05) is 36.1 Å². The Hall–Kier alpha value is -3.56. The highest BCUT2D eigenvalue weighted by atomic mass is 16.6. The molecule has 2 aliphatic rings. The van der Waals surface area contributed by atoms with Crippen LogP contribution in [0, 0.1) is 13.8 Å². The maximum absolute atomic E-state index is 6.28. The van der Waals surface area contributed by atoms with Crippen molar-refractivity contribution in [2.24, 2.45) is 0 Å². The van der Waals surface area contributed by atoms with Gasteiger partial charge in [0.15, 0.2) is 5.82 Å². The van der Waals surface area contributed by atoms with E-state index in [1.54, 1.807) is 18.6 Å². The van der Waals surface area contributed by atoms with Crippen molar-refractivity contribution in [2.75, 3.05) is 25.1 Å². The predicted octanol–water partition coefficient (Wildman–Crippen LogP) is 3.06. The zero-order valence-corrected chi connectivity index (χ0v) is 18.6. The van der Waals surface area contributed by atoms with Crippen LogP contribution in [0.3, 0.4) is 0 Å². The lowest BCUT2D eigenvalue weighted by Crippen LogP contribution is -2.43. The van der Waals surface area contributed by atoms with E-state index in [0.29, 0.717) is 24.3 Å². The second kappa shape index (κ2) is 7.79. The highest BCUT2D eigenvalue weighted by Gasteiger charge is 2.47. The number of aromatic nitrogens is 5. The number of hydrogen-bond donors (Lipinski definition) is 2. The third-order valence-electron chi connectivity index (χ3n) is 6.23. The van der Waals surface area contributed by atoms with Crippen molar-refractivity contribution in [3.05, 3.63) is 60.4 Å². The Bertz CT molecular complexity index is 1310. The lowest BCUT2D eigenvalue weighted by atomic mass is 10.0. The molecule has 2 bridgehead atoms.